The van der Waals surface area contributed by atoms with Crippen molar-refractivity contribution in [1.82, 2.24) is 24.3 Å². The number of rotatable bonds is 6. The molecule has 1 N–H and O–H groups in total. The van der Waals surface area contributed by atoms with Crippen molar-refractivity contribution in [1.29, 1.82) is 0 Å². The van der Waals surface area contributed by atoms with E-state index in [9.17, 15) is 4.79 Å². The van der Waals surface area contributed by atoms with Crippen LogP contribution < -0.4 is 5.32 Å². The minimum Gasteiger partial charge on any atom is -0.371 e. The minimum atomic E-state index is 0.0661. The molecule has 0 spiro atoms. The third kappa shape index (κ3) is 3.29. The van der Waals surface area contributed by atoms with Crippen molar-refractivity contribution in [2.45, 2.75) is 25.6 Å². The van der Waals surface area contributed by atoms with Crippen LogP contribution in [0.5, 0.6) is 0 Å². The molecule has 1 aliphatic heterocycles. The van der Waals surface area contributed by atoms with Crippen molar-refractivity contribution >= 4 is 17.2 Å². The predicted octanol–water partition coefficient (Wildman–Crippen LogP) is 1.91. The largest absolute Gasteiger partial charge is 0.371 e. The first-order valence-electron chi connectivity index (χ1n) is 9.68. The molecule has 2 aliphatic rings. The van der Waals surface area contributed by atoms with Crippen LogP contribution in [0.1, 0.15) is 18.4 Å². The van der Waals surface area contributed by atoms with Crippen LogP contribution in [0.3, 0.4) is 0 Å². The molecule has 8 nitrogen and oxygen atoms in total. The lowest BCUT2D eigenvalue weighted by atomic mass is 10.1. The number of carbonyl (C=O) groups is 1. The van der Waals surface area contributed by atoms with Gasteiger partial charge in [-0.1, -0.05) is 0 Å². The average Bonchev–Trinajstić information content (AvgIpc) is 3.33. The zero-order valence-electron chi connectivity index (χ0n) is 16.1. The van der Waals surface area contributed by atoms with Gasteiger partial charge in [0.15, 0.2) is 5.82 Å². The van der Waals surface area contributed by atoms with Gasteiger partial charge in [0, 0.05) is 49.4 Å². The Kier molecular flexibility index (Phi) is 4.17. The van der Waals surface area contributed by atoms with E-state index in [1.807, 2.05) is 36.3 Å². The fraction of sp³-hybridized carbons (Fsp3) is 0.450. The van der Waals surface area contributed by atoms with Crippen molar-refractivity contribution in [2.24, 2.45) is 13.0 Å². The average molecular weight is 380 g/mol. The Balaban J connectivity index is 1.38. The highest BCUT2D eigenvalue weighted by Crippen LogP contribution is 2.30. The molecule has 3 aromatic rings. The number of carbonyl (C=O) groups excluding carboxylic acids is 1. The second-order valence-electron chi connectivity index (χ2n) is 7.87. The maximum absolute atomic E-state index is 12.0. The Bertz CT molecular complexity index is 1030. The van der Waals surface area contributed by atoms with Gasteiger partial charge < -0.3 is 15.0 Å². The van der Waals surface area contributed by atoms with Crippen molar-refractivity contribution in [2.75, 3.05) is 25.5 Å². The van der Waals surface area contributed by atoms with Crippen LogP contribution >= 0.6 is 0 Å². The van der Waals surface area contributed by atoms with Crippen LogP contribution in [-0.2, 0) is 23.2 Å². The number of hydrogen-bond acceptors (Lipinski definition) is 5. The van der Waals surface area contributed by atoms with Crippen molar-refractivity contribution in [3.8, 4) is 11.3 Å². The van der Waals surface area contributed by atoms with Gasteiger partial charge in [-0.15, -0.1) is 0 Å². The molecule has 2 fully saturated rings. The first-order chi connectivity index (χ1) is 13.6. The van der Waals surface area contributed by atoms with Crippen LogP contribution in [0, 0.1) is 5.92 Å². The third-order valence-corrected chi connectivity index (χ3v) is 5.46. The number of amides is 1. The van der Waals surface area contributed by atoms with Crippen molar-refractivity contribution < 1.29 is 9.53 Å². The molecular weight excluding hydrogens is 356 g/mol. The molecule has 0 aromatic carbocycles. The summed E-state index contributed by atoms with van der Waals surface area (Å²) in [6.45, 7) is 2.51. The van der Waals surface area contributed by atoms with Crippen LogP contribution in [0.15, 0.2) is 30.6 Å². The maximum Gasteiger partial charge on any atom is 0.228 e. The number of likely N-dealkylation sites (tertiary alicyclic amines) is 1. The Hall–Kier alpha value is -2.71. The van der Waals surface area contributed by atoms with E-state index in [1.54, 1.807) is 4.52 Å². The molecule has 28 heavy (non-hydrogen) atoms. The van der Waals surface area contributed by atoms with E-state index < -0.39 is 0 Å². The summed E-state index contributed by atoms with van der Waals surface area (Å²) in [4.78, 5) is 14.2. The zero-order valence-corrected chi connectivity index (χ0v) is 16.1. The number of anilines is 1. The second-order valence-corrected chi connectivity index (χ2v) is 7.87. The molecule has 4 heterocycles. The number of likely N-dealkylation sites (N-methyl/N-ethyl adjacent to an activating group) is 1. The van der Waals surface area contributed by atoms with Gasteiger partial charge in [0.1, 0.15) is 0 Å². The highest BCUT2D eigenvalue weighted by atomic mass is 16.5. The molecule has 1 saturated carbocycles. The van der Waals surface area contributed by atoms with Crippen LogP contribution in [0.2, 0.25) is 0 Å². The summed E-state index contributed by atoms with van der Waals surface area (Å²) >= 11 is 0. The predicted molar refractivity (Wildman–Crippen MR) is 105 cm³/mol. The van der Waals surface area contributed by atoms with Gasteiger partial charge in [0.25, 0.3) is 0 Å². The topological polar surface area (TPSA) is 76.7 Å². The summed E-state index contributed by atoms with van der Waals surface area (Å²) in [5.74, 6) is 0.820. The molecule has 0 bridgehead atoms. The molecule has 1 aliphatic carbocycles. The quantitative estimate of drug-likeness (QED) is 0.707. The van der Waals surface area contributed by atoms with Gasteiger partial charge >= 0.3 is 0 Å². The SMILES string of the molecule is CN1CC(OCc2cnn(C)c2-c2ccn3nc(NC(=O)C4CC4)cc3c2)C1. The molecule has 146 valence electrons. The molecule has 0 unspecified atom stereocenters. The number of ether oxygens (including phenoxy) is 1. The van der Waals surface area contributed by atoms with E-state index in [1.165, 1.54) is 0 Å². The fourth-order valence-corrected chi connectivity index (χ4v) is 3.69. The van der Waals surface area contributed by atoms with Gasteiger partial charge in [0.05, 0.1) is 30.1 Å². The molecular formula is C20H24N6O2. The monoisotopic (exact) mass is 380 g/mol. The Morgan fingerprint density at radius 3 is 2.86 bits per heavy atom. The summed E-state index contributed by atoms with van der Waals surface area (Å²) in [5.41, 5.74) is 4.09. The lowest BCUT2D eigenvalue weighted by molar-refractivity contribution is -0.117. The number of nitrogens with zero attached hydrogens (tertiary/aromatic N) is 5. The lowest BCUT2D eigenvalue weighted by Crippen LogP contribution is -2.49. The number of hydrogen-bond donors (Lipinski definition) is 1. The molecule has 5 rings (SSSR count). The molecule has 0 radical (unpaired) electrons. The number of fused-ring (bicyclic) bond motifs is 1. The summed E-state index contributed by atoms with van der Waals surface area (Å²) in [6, 6.07) is 5.99. The fourth-order valence-electron chi connectivity index (χ4n) is 3.69. The van der Waals surface area contributed by atoms with E-state index in [0.29, 0.717) is 18.5 Å². The Labute approximate surface area is 163 Å². The van der Waals surface area contributed by atoms with Crippen LogP contribution in [0.4, 0.5) is 5.82 Å². The summed E-state index contributed by atoms with van der Waals surface area (Å²) < 4.78 is 9.67. The van der Waals surface area contributed by atoms with E-state index in [4.69, 9.17) is 4.74 Å². The Morgan fingerprint density at radius 1 is 1.29 bits per heavy atom. The first-order valence-corrected chi connectivity index (χ1v) is 9.68. The van der Waals surface area contributed by atoms with Crippen LogP contribution in [0.25, 0.3) is 16.8 Å². The normalized spacial score (nSPS) is 17.8. The standard InChI is InChI=1S/C20H24N6O2/c1-24-10-17(11-24)28-12-15-9-21-25(2)19(15)14-5-6-26-16(7-14)8-18(23-26)22-20(27)13-3-4-13/h5-9,13,17H,3-4,10-12H2,1-2H3,(H,22,23,27). The molecule has 1 saturated heterocycles. The van der Waals surface area contributed by atoms with Gasteiger partial charge in [-0.05, 0) is 32.0 Å². The molecule has 0 atom stereocenters. The first kappa shape index (κ1) is 17.4. The highest BCUT2D eigenvalue weighted by Gasteiger charge is 2.30. The minimum absolute atomic E-state index is 0.0661. The Morgan fingerprint density at radius 2 is 2.11 bits per heavy atom. The van der Waals surface area contributed by atoms with Gasteiger partial charge in [-0.2, -0.15) is 10.2 Å². The third-order valence-electron chi connectivity index (χ3n) is 5.46. The smallest absolute Gasteiger partial charge is 0.228 e. The number of aromatic nitrogens is 4. The van der Waals surface area contributed by atoms with E-state index in [-0.39, 0.29) is 11.8 Å². The van der Waals surface area contributed by atoms with Gasteiger partial charge in [0.2, 0.25) is 5.91 Å². The lowest BCUT2D eigenvalue weighted by Gasteiger charge is -2.35. The van der Waals surface area contributed by atoms with Crippen molar-refractivity contribution in [3.63, 3.8) is 0 Å². The molecule has 1 amide bonds. The van der Waals surface area contributed by atoms with E-state index >= 15 is 0 Å². The molecule has 8 heteroatoms. The van der Waals surface area contributed by atoms with Gasteiger partial charge in [-0.3, -0.25) is 9.48 Å². The van der Waals surface area contributed by atoms with Crippen molar-refractivity contribution in [3.05, 3.63) is 36.2 Å². The summed E-state index contributed by atoms with van der Waals surface area (Å²) in [6.07, 6.45) is 6.04. The van der Waals surface area contributed by atoms with Crippen LogP contribution in [-0.4, -0.2) is 56.4 Å². The number of aryl methyl sites for hydroxylation is 1. The summed E-state index contributed by atoms with van der Waals surface area (Å²) in [7, 11) is 4.04. The van der Waals surface area contributed by atoms with Gasteiger partial charge in [-0.25, -0.2) is 4.52 Å². The summed E-state index contributed by atoms with van der Waals surface area (Å²) in [5, 5.41) is 11.8. The number of pyridine rings is 1. The second kappa shape index (κ2) is 6.72. The van der Waals surface area contributed by atoms with E-state index in [0.717, 1.165) is 48.3 Å². The highest BCUT2D eigenvalue weighted by molar-refractivity contribution is 5.93. The zero-order chi connectivity index (χ0) is 19.3. The maximum atomic E-state index is 12.0. The number of nitrogens with one attached hydrogen (secondary N) is 1. The van der Waals surface area contributed by atoms with E-state index in [2.05, 4.69) is 33.5 Å². The molecule has 3 aromatic heterocycles.